The van der Waals surface area contributed by atoms with Gasteiger partial charge in [-0.25, -0.2) is 4.79 Å². The van der Waals surface area contributed by atoms with Gasteiger partial charge in [0.1, 0.15) is 6.29 Å². The predicted octanol–water partition coefficient (Wildman–Crippen LogP) is 0.586. The topological polar surface area (TPSA) is 107 Å². The molecule has 0 spiro atoms. The fourth-order valence-corrected chi connectivity index (χ4v) is 3.70. The summed E-state index contributed by atoms with van der Waals surface area (Å²) in [6.45, 7) is 3.30. The van der Waals surface area contributed by atoms with Crippen molar-refractivity contribution in [3.05, 3.63) is 0 Å². The summed E-state index contributed by atoms with van der Waals surface area (Å²) in [6.07, 6.45) is -2.91. The van der Waals surface area contributed by atoms with Crippen LogP contribution in [0.4, 0.5) is 18.0 Å². The van der Waals surface area contributed by atoms with Gasteiger partial charge in [-0.15, -0.1) is 0 Å². The van der Waals surface area contributed by atoms with E-state index in [-0.39, 0.29) is 31.7 Å². The van der Waals surface area contributed by atoms with E-state index < -0.39 is 30.5 Å². The molecule has 1 saturated heterocycles. The minimum absolute atomic E-state index is 0.0194. The largest absolute Gasteiger partial charge is 0.394 e. The van der Waals surface area contributed by atoms with E-state index in [1.165, 1.54) is 0 Å². The number of ether oxygens (including phenoxy) is 1. The van der Waals surface area contributed by atoms with Crippen LogP contribution in [0.2, 0.25) is 0 Å². The van der Waals surface area contributed by atoms with Crippen LogP contribution < -0.4 is 26.6 Å². The minimum Gasteiger partial charge on any atom is -0.394 e. The lowest BCUT2D eigenvalue weighted by Crippen LogP contribution is -2.68. The highest BCUT2D eigenvalue weighted by molar-refractivity contribution is 5.74. The molecule has 11 heteroatoms. The SMILES string of the molecule is CC1CC(NCCOCCO)NC(NC(=O)NC2CCCC(C(F)(F)F)C2)N1. The van der Waals surface area contributed by atoms with Crippen LogP contribution in [-0.2, 0) is 4.74 Å². The molecule has 164 valence electrons. The molecule has 5 unspecified atom stereocenters. The van der Waals surface area contributed by atoms with Crippen LogP contribution >= 0.6 is 0 Å². The smallest absolute Gasteiger partial charge is 0.391 e. The third-order valence-electron chi connectivity index (χ3n) is 5.03. The van der Waals surface area contributed by atoms with Crippen molar-refractivity contribution in [3.8, 4) is 0 Å². The van der Waals surface area contributed by atoms with Gasteiger partial charge in [0.05, 0.1) is 31.9 Å². The lowest BCUT2D eigenvalue weighted by Gasteiger charge is -2.37. The maximum atomic E-state index is 12.9. The number of aliphatic hydroxyl groups is 1. The van der Waals surface area contributed by atoms with E-state index in [9.17, 15) is 18.0 Å². The van der Waals surface area contributed by atoms with E-state index in [1.54, 1.807) is 0 Å². The molecule has 1 aliphatic carbocycles. The Kier molecular flexibility index (Phi) is 9.22. The predicted molar refractivity (Wildman–Crippen MR) is 97.3 cm³/mol. The van der Waals surface area contributed by atoms with Gasteiger partial charge < -0.3 is 20.5 Å². The Balaban J connectivity index is 1.73. The van der Waals surface area contributed by atoms with Crippen LogP contribution in [0.3, 0.4) is 0 Å². The molecule has 5 atom stereocenters. The Morgan fingerprint density at radius 3 is 2.68 bits per heavy atom. The highest BCUT2D eigenvalue weighted by atomic mass is 19.4. The van der Waals surface area contributed by atoms with Crippen molar-refractivity contribution in [3.63, 3.8) is 0 Å². The Labute approximate surface area is 163 Å². The fourth-order valence-electron chi connectivity index (χ4n) is 3.70. The monoisotopic (exact) mass is 411 g/mol. The third kappa shape index (κ3) is 8.08. The molecular weight excluding hydrogens is 379 g/mol. The third-order valence-corrected chi connectivity index (χ3v) is 5.03. The van der Waals surface area contributed by atoms with E-state index in [0.717, 1.165) is 6.42 Å². The number of hydrogen-bond donors (Lipinski definition) is 6. The molecule has 2 fully saturated rings. The summed E-state index contributed by atoms with van der Waals surface area (Å²) in [5.41, 5.74) is 0. The Hall–Kier alpha value is -1.14. The zero-order valence-electron chi connectivity index (χ0n) is 16.1. The number of nitrogens with one attached hydrogen (secondary N) is 5. The van der Waals surface area contributed by atoms with E-state index in [1.807, 2.05) is 6.92 Å². The number of hydrogen-bond acceptors (Lipinski definition) is 6. The van der Waals surface area contributed by atoms with Crippen molar-refractivity contribution >= 4 is 6.03 Å². The first kappa shape index (κ1) is 23.1. The van der Waals surface area contributed by atoms with E-state index in [0.29, 0.717) is 32.6 Å². The van der Waals surface area contributed by atoms with Crippen LogP contribution in [0.5, 0.6) is 0 Å². The molecule has 6 N–H and O–H groups in total. The first-order valence-electron chi connectivity index (χ1n) is 9.85. The first-order valence-corrected chi connectivity index (χ1v) is 9.85. The van der Waals surface area contributed by atoms with Crippen LogP contribution in [0.25, 0.3) is 0 Å². The summed E-state index contributed by atoms with van der Waals surface area (Å²) >= 11 is 0. The zero-order valence-corrected chi connectivity index (χ0v) is 16.1. The molecule has 2 aliphatic rings. The number of rotatable bonds is 8. The summed E-state index contributed by atoms with van der Waals surface area (Å²) in [4.78, 5) is 12.2. The molecule has 2 rings (SSSR count). The average molecular weight is 411 g/mol. The number of halogens is 3. The van der Waals surface area contributed by atoms with E-state index >= 15 is 0 Å². The van der Waals surface area contributed by atoms with Gasteiger partial charge in [-0.1, -0.05) is 6.42 Å². The molecule has 1 heterocycles. The summed E-state index contributed by atoms with van der Waals surface area (Å²) in [5, 5.41) is 23.7. The second kappa shape index (κ2) is 11.1. The number of carbonyl (C=O) groups excluding carboxylic acids is 1. The number of alkyl halides is 3. The van der Waals surface area contributed by atoms with Gasteiger partial charge >= 0.3 is 12.2 Å². The van der Waals surface area contributed by atoms with Crippen molar-refractivity contribution in [1.82, 2.24) is 26.6 Å². The molecule has 0 aromatic carbocycles. The maximum Gasteiger partial charge on any atom is 0.391 e. The van der Waals surface area contributed by atoms with Crippen molar-refractivity contribution in [2.75, 3.05) is 26.4 Å². The fraction of sp³-hybridized carbons (Fsp3) is 0.941. The van der Waals surface area contributed by atoms with Crippen molar-refractivity contribution in [2.45, 2.75) is 69.7 Å². The summed E-state index contributed by atoms with van der Waals surface area (Å²) in [7, 11) is 0. The van der Waals surface area contributed by atoms with Gasteiger partial charge in [0.15, 0.2) is 0 Å². The van der Waals surface area contributed by atoms with Crippen molar-refractivity contribution in [1.29, 1.82) is 0 Å². The number of carbonyl (C=O) groups is 1. The molecule has 0 aromatic rings. The summed E-state index contributed by atoms with van der Waals surface area (Å²) in [6, 6.07) is -0.831. The molecule has 1 saturated carbocycles. The summed E-state index contributed by atoms with van der Waals surface area (Å²) in [5.74, 6) is -1.35. The standard InChI is InChI=1S/C17H32F3N5O3/c1-11-9-14(21-5-7-28-8-6-26)24-15(22-11)25-16(27)23-13-4-2-3-12(10-13)17(18,19)20/h11-15,21-22,24,26H,2-10H2,1H3,(H2,23,25,27). The van der Waals surface area contributed by atoms with Gasteiger partial charge in [-0.05, 0) is 32.6 Å². The van der Waals surface area contributed by atoms with E-state index in [2.05, 4.69) is 26.6 Å². The van der Waals surface area contributed by atoms with Gasteiger partial charge in [-0.3, -0.25) is 16.0 Å². The Morgan fingerprint density at radius 2 is 1.96 bits per heavy atom. The van der Waals surface area contributed by atoms with Gasteiger partial charge in [0.2, 0.25) is 0 Å². The minimum atomic E-state index is -4.21. The molecule has 28 heavy (non-hydrogen) atoms. The molecular formula is C17H32F3N5O3. The average Bonchev–Trinajstić information content (AvgIpc) is 2.60. The highest BCUT2D eigenvalue weighted by Gasteiger charge is 2.42. The number of urea groups is 1. The van der Waals surface area contributed by atoms with Gasteiger partial charge in [0.25, 0.3) is 0 Å². The first-order chi connectivity index (χ1) is 13.3. The van der Waals surface area contributed by atoms with Crippen LogP contribution in [-0.4, -0.2) is 68.2 Å². The molecule has 0 radical (unpaired) electrons. The van der Waals surface area contributed by atoms with Crippen LogP contribution in [0.1, 0.15) is 39.0 Å². The number of aliphatic hydroxyl groups excluding tert-OH is 1. The molecule has 2 amide bonds. The number of amides is 2. The van der Waals surface area contributed by atoms with Gasteiger partial charge in [-0.2, -0.15) is 13.2 Å². The van der Waals surface area contributed by atoms with E-state index in [4.69, 9.17) is 9.84 Å². The molecule has 0 aromatic heterocycles. The maximum absolute atomic E-state index is 12.9. The molecule has 0 bridgehead atoms. The Bertz CT molecular complexity index is 483. The normalized spacial score (nSPS) is 31.4. The Morgan fingerprint density at radius 1 is 1.18 bits per heavy atom. The van der Waals surface area contributed by atoms with Crippen molar-refractivity contribution < 1.29 is 27.8 Å². The molecule has 1 aliphatic heterocycles. The van der Waals surface area contributed by atoms with Gasteiger partial charge in [0, 0.05) is 18.6 Å². The second-order valence-electron chi connectivity index (χ2n) is 7.47. The quantitative estimate of drug-likeness (QED) is 0.327. The van der Waals surface area contributed by atoms with Crippen LogP contribution in [0.15, 0.2) is 0 Å². The highest BCUT2D eigenvalue weighted by Crippen LogP contribution is 2.37. The lowest BCUT2D eigenvalue weighted by molar-refractivity contribution is -0.183. The second-order valence-corrected chi connectivity index (χ2v) is 7.47. The summed E-state index contributed by atoms with van der Waals surface area (Å²) < 4.78 is 43.9. The zero-order chi connectivity index (χ0) is 20.6. The molecule has 8 nitrogen and oxygen atoms in total. The lowest BCUT2D eigenvalue weighted by atomic mass is 9.85. The van der Waals surface area contributed by atoms with Crippen molar-refractivity contribution in [2.24, 2.45) is 5.92 Å². The van der Waals surface area contributed by atoms with Crippen LogP contribution in [0, 0.1) is 5.92 Å².